The van der Waals surface area contributed by atoms with Crippen LogP contribution in [0.5, 0.6) is 0 Å². The molecule has 0 amide bonds. The molecule has 17 heavy (non-hydrogen) atoms. The van der Waals surface area contributed by atoms with Crippen LogP contribution in [0.3, 0.4) is 0 Å². The Morgan fingerprint density at radius 1 is 1.35 bits per heavy atom. The van der Waals surface area contributed by atoms with Gasteiger partial charge in [0.05, 0.1) is 12.8 Å². The number of nitriles is 1. The standard InChI is InChI=1S/C13H13N3O/c1-16(10-12-5-3-7-17-12)9-11-4-2-6-15-13(11)8-14/h2-7H,9-10H2,1H3. The van der Waals surface area contributed by atoms with E-state index in [1.807, 2.05) is 31.3 Å². The SMILES string of the molecule is CN(Cc1ccco1)Cc1cccnc1C#N. The monoisotopic (exact) mass is 227 g/mol. The summed E-state index contributed by atoms with van der Waals surface area (Å²) in [5.41, 5.74) is 1.42. The highest BCUT2D eigenvalue weighted by Gasteiger charge is 2.07. The fourth-order valence-electron chi connectivity index (χ4n) is 1.68. The molecule has 2 heterocycles. The molecular formula is C13H13N3O. The first-order chi connectivity index (χ1) is 8.29. The molecule has 2 aromatic heterocycles. The van der Waals surface area contributed by atoms with Crippen LogP contribution in [0, 0.1) is 11.3 Å². The summed E-state index contributed by atoms with van der Waals surface area (Å²) in [6.45, 7) is 1.39. The summed E-state index contributed by atoms with van der Waals surface area (Å²) in [5, 5.41) is 8.94. The van der Waals surface area contributed by atoms with Gasteiger partial charge < -0.3 is 4.42 Å². The first kappa shape index (κ1) is 11.4. The Morgan fingerprint density at radius 3 is 2.94 bits per heavy atom. The summed E-state index contributed by atoms with van der Waals surface area (Å²) in [5.74, 6) is 0.912. The van der Waals surface area contributed by atoms with Crippen LogP contribution in [-0.4, -0.2) is 16.9 Å². The van der Waals surface area contributed by atoms with Crippen molar-refractivity contribution in [2.24, 2.45) is 0 Å². The number of rotatable bonds is 4. The minimum atomic E-state index is 0.485. The molecule has 0 fully saturated rings. The molecular weight excluding hydrogens is 214 g/mol. The highest BCUT2D eigenvalue weighted by Crippen LogP contribution is 2.10. The number of aromatic nitrogens is 1. The average Bonchev–Trinajstić information content (AvgIpc) is 2.82. The summed E-state index contributed by atoms with van der Waals surface area (Å²) < 4.78 is 5.28. The third-order valence-electron chi connectivity index (χ3n) is 2.44. The van der Waals surface area contributed by atoms with Gasteiger partial charge >= 0.3 is 0 Å². The molecule has 0 saturated heterocycles. The van der Waals surface area contributed by atoms with E-state index in [0.717, 1.165) is 11.3 Å². The second-order valence-electron chi connectivity index (χ2n) is 3.87. The Balaban J connectivity index is 2.03. The summed E-state index contributed by atoms with van der Waals surface area (Å²) >= 11 is 0. The number of hydrogen-bond acceptors (Lipinski definition) is 4. The lowest BCUT2D eigenvalue weighted by molar-refractivity contribution is 0.287. The highest BCUT2D eigenvalue weighted by molar-refractivity contribution is 5.30. The van der Waals surface area contributed by atoms with Gasteiger partial charge in [0.25, 0.3) is 0 Å². The van der Waals surface area contributed by atoms with Crippen molar-refractivity contribution < 1.29 is 4.42 Å². The van der Waals surface area contributed by atoms with Gasteiger partial charge in [-0.05, 0) is 25.2 Å². The molecule has 0 saturated carbocycles. The minimum absolute atomic E-state index is 0.485. The fourth-order valence-corrected chi connectivity index (χ4v) is 1.68. The lowest BCUT2D eigenvalue weighted by Gasteiger charge is -2.15. The van der Waals surface area contributed by atoms with Crippen LogP contribution in [0.1, 0.15) is 17.0 Å². The summed E-state index contributed by atoms with van der Waals surface area (Å²) in [4.78, 5) is 6.12. The molecule has 0 unspecified atom stereocenters. The van der Waals surface area contributed by atoms with Crippen molar-refractivity contribution in [2.45, 2.75) is 13.1 Å². The first-order valence-electron chi connectivity index (χ1n) is 5.34. The normalized spacial score (nSPS) is 10.4. The molecule has 0 radical (unpaired) electrons. The van der Waals surface area contributed by atoms with Gasteiger partial charge in [-0.3, -0.25) is 4.90 Å². The van der Waals surface area contributed by atoms with Crippen LogP contribution in [0.4, 0.5) is 0 Å². The second-order valence-corrected chi connectivity index (χ2v) is 3.87. The van der Waals surface area contributed by atoms with Gasteiger partial charge in [0.1, 0.15) is 17.5 Å². The van der Waals surface area contributed by atoms with Gasteiger partial charge in [-0.15, -0.1) is 0 Å². The molecule has 86 valence electrons. The largest absolute Gasteiger partial charge is 0.468 e. The number of pyridine rings is 1. The third-order valence-corrected chi connectivity index (χ3v) is 2.44. The quantitative estimate of drug-likeness (QED) is 0.803. The van der Waals surface area contributed by atoms with Gasteiger partial charge in [0.15, 0.2) is 0 Å². The first-order valence-corrected chi connectivity index (χ1v) is 5.34. The van der Waals surface area contributed by atoms with Crippen LogP contribution in [0.25, 0.3) is 0 Å². The van der Waals surface area contributed by atoms with Crippen LogP contribution in [-0.2, 0) is 13.1 Å². The van der Waals surface area contributed by atoms with Gasteiger partial charge in [0.2, 0.25) is 0 Å². The lowest BCUT2D eigenvalue weighted by Crippen LogP contribution is -2.17. The summed E-state index contributed by atoms with van der Waals surface area (Å²) in [6.07, 6.45) is 3.29. The molecule has 0 N–H and O–H groups in total. The molecule has 4 heteroatoms. The van der Waals surface area contributed by atoms with E-state index in [2.05, 4.69) is 16.0 Å². The maximum absolute atomic E-state index is 8.94. The number of hydrogen-bond donors (Lipinski definition) is 0. The Bertz CT molecular complexity index is 514. The van der Waals surface area contributed by atoms with Crippen molar-refractivity contribution >= 4 is 0 Å². The van der Waals surface area contributed by atoms with E-state index in [9.17, 15) is 0 Å². The van der Waals surface area contributed by atoms with Crippen molar-refractivity contribution in [1.82, 2.24) is 9.88 Å². The van der Waals surface area contributed by atoms with E-state index in [1.165, 1.54) is 0 Å². The van der Waals surface area contributed by atoms with E-state index in [0.29, 0.717) is 18.8 Å². The zero-order valence-electron chi connectivity index (χ0n) is 9.63. The topological polar surface area (TPSA) is 53.1 Å². The van der Waals surface area contributed by atoms with Crippen molar-refractivity contribution in [1.29, 1.82) is 5.26 Å². The van der Waals surface area contributed by atoms with Crippen molar-refractivity contribution in [3.63, 3.8) is 0 Å². The summed E-state index contributed by atoms with van der Waals surface area (Å²) in [7, 11) is 1.98. The number of furan rings is 1. The van der Waals surface area contributed by atoms with E-state index in [-0.39, 0.29) is 0 Å². The predicted molar refractivity (Wildman–Crippen MR) is 62.8 cm³/mol. The third kappa shape index (κ3) is 2.92. The van der Waals surface area contributed by atoms with Crippen molar-refractivity contribution in [3.05, 3.63) is 53.7 Å². The van der Waals surface area contributed by atoms with Crippen molar-refractivity contribution in [3.8, 4) is 6.07 Å². The molecule has 0 aliphatic rings. The molecule has 0 spiro atoms. The second kappa shape index (κ2) is 5.28. The van der Waals surface area contributed by atoms with Gasteiger partial charge in [-0.1, -0.05) is 6.07 Å². The molecule has 0 aliphatic heterocycles. The Labute approximate surface area is 100 Å². The molecule has 0 bridgehead atoms. The zero-order chi connectivity index (χ0) is 12.1. The van der Waals surface area contributed by atoms with Crippen molar-refractivity contribution in [2.75, 3.05) is 7.05 Å². The van der Waals surface area contributed by atoms with E-state index in [4.69, 9.17) is 9.68 Å². The Morgan fingerprint density at radius 2 is 2.24 bits per heavy atom. The molecule has 2 rings (SSSR count). The lowest BCUT2D eigenvalue weighted by atomic mass is 10.2. The van der Waals surface area contributed by atoms with Gasteiger partial charge in [-0.25, -0.2) is 4.98 Å². The minimum Gasteiger partial charge on any atom is -0.468 e. The molecule has 0 atom stereocenters. The van der Waals surface area contributed by atoms with Crippen LogP contribution >= 0.6 is 0 Å². The molecule has 0 aromatic carbocycles. The summed E-state index contributed by atoms with van der Waals surface area (Å²) in [6, 6.07) is 9.67. The maximum atomic E-state index is 8.94. The molecule has 0 aliphatic carbocycles. The molecule has 2 aromatic rings. The molecule has 4 nitrogen and oxygen atoms in total. The van der Waals surface area contributed by atoms with E-state index in [1.54, 1.807) is 12.5 Å². The van der Waals surface area contributed by atoms with Crippen LogP contribution in [0.15, 0.2) is 41.1 Å². The van der Waals surface area contributed by atoms with E-state index >= 15 is 0 Å². The fraction of sp³-hybridized carbons (Fsp3) is 0.231. The van der Waals surface area contributed by atoms with Crippen LogP contribution < -0.4 is 0 Å². The number of nitrogens with zero attached hydrogens (tertiary/aromatic N) is 3. The van der Waals surface area contributed by atoms with Gasteiger partial charge in [0, 0.05) is 18.3 Å². The maximum Gasteiger partial charge on any atom is 0.144 e. The Hall–Kier alpha value is -2.12. The van der Waals surface area contributed by atoms with E-state index < -0.39 is 0 Å². The predicted octanol–water partition coefficient (Wildman–Crippen LogP) is 2.18. The Kier molecular flexibility index (Phi) is 3.53. The van der Waals surface area contributed by atoms with Crippen LogP contribution in [0.2, 0.25) is 0 Å². The van der Waals surface area contributed by atoms with Gasteiger partial charge in [-0.2, -0.15) is 5.26 Å². The highest BCUT2D eigenvalue weighted by atomic mass is 16.3. The average molecular weight is 227 g/mol. The zero-order valence-corrected chi connectivity index (χ0v) is 9.63. The smallest absolute Gasteiger partial charge is 0.144 e.